The van der Waals surface area contributed by atoms with E-state index in [4.69, 9.17) is 11.6 Å². The molecule has 0 saturated heterocycles. The van der Waals surface area contributed by atoms with Crippen molar-refractivity contribution in [1.82, 2.24) is 10.2 Å². The summed E-state index contributed by atoms with van der Waals surface area (Å²) in [6.45, 7) is 7.87. The zero-order valence-corrected chi connectivity index (χ0v) is 27.7. The SMILES string of the molecule is Cc1cccc(N(CC(=O)N(Cc2ccccc2C)[C@@H](Cc2ccccc2)C(=O)NCC(C)C)S(=O)(=O)c2ccc(Cl)cc2)c1. The predicted octanol–water partition coefficient (Wildman–Crippen LogP) is 6.56. The van der Waals surface area contributed by atoms with E-state index in [9.17, 15) is 18.0 Å². The molecule has 0 saturated carbocycles. The van der Waals surface area contributed by atoms with E-state index in [0.29, 0.717) is 17.3 Å². The van der Waals surface area contributed by atoms with Gasteiger partial charge in [0, 0.05) is 24.5 Å². The van der Waals surface area contributed by atoms with E-state index in [1.165, 1.54) is 29.2 Å². The lowest BCUT2D eigenvalue weighted by Crippen LogP contribution is -2.53. The number of carbonyl (C=O) groups excluding carboxylic acids is 2. The van der Waals surface area contributed by atoms with Crippen molar-refractivity contribution in [1.29, 1.82) is 0 Å². The van der Waals surface area contributed by atoms with Crippen molar-refractivity contribution in [2.45, 2.75) is 51.6 Å². The van der Waals surface area contributed by atoms with E-state index in [1.807, 2.05) is 88.4 Å². The number of amides is 2. The average Bonchev–Trinajstić information content (AvgIpc) is 3.01. The Morgan fingerprint density at radius 1 is 0.844 bits per heavy atom. The van der Waals surface area contributed by atoms with Crippen molar-refractivity contribution in [2.75, 3.05) is 17.4 Å². The Hall–Kier alpha value is -4.14. The van der Waals surface area contributed by atoms with Crippen LogP contribution in [0.5, 0.6) is 0 Å². The molecule has 0 aromatic heterocycles. The van der Waals surface area contributed by atoms with E-state index in [2.05, 4.69) is 5.32 Å². The van der Waals surface area contributed by atoms with Crippen molar-refractivity contribution in [3.63, 3.8) is 0 Å². The summed E-state index contributed by atoms with van der Waals surface area (Å²) in [5, 5.41) is 3.41. The van der Waals surface area contributed by atoms with Crippen LogP contribution < -0.4 is 9.62 Å². The molecule has 4 rings (SSSR count). The van der Waals surface area contributed by atoms with Crippen LogP contribution in [0.3, 0.4) is 0 Å². The summed E-state index contributed by atoms with van der Waals surface area (Å²) in [4.78, 5) is 29.9. The number of nitrogens with one attached hydrogen (secondary N) is 1. The van der Waals surface area contributed by atoms with Crippen LogP contribution >= 0.6 is 11.6 Å². The third-order valence-corrected chi connectivity index (χ3v) is 9.57. The smallest absolute Gasteiger partial charge is 0.264 e. The number of hydrogen-bond donors (Lipinski definition) is 1. The summed E-state index contributed by atoms with van der Waals surface area (Å²) in [5.41, 5.74) is 3.89. The third-order valence-electron chi connectivity index (χ3n) is 7.53. The summed E-state index contributed by atoms with van der Waals surface area (Å²) in [6, 6.07) is 29.2. The first-order valence-corrected chi connectivity index (χ1v) is 16.8. The number of carbonyl (C=O) groups is 2. The maximum absolute atomic E-state index is 14.6. The second-order valence-corrected chi connectivity index (χ2v) is 13.9. The first kappa shape index (κ1) is 33.7. The standard InChI is InChI=1S/C36H40ClN3O4S/c1-26(2)23-38-36(42)34(22-29-13-6-5-7-14-29)39(24-30-15-9-8-12-28(30)4)35(41)25-40(32-16-10-11-27(3)21-32)45(43,44)33-19-17-31(37)18-20-33/h5-21,26,34H,22-25H2,1-4H3,(H,38,42)/t34-/m0/s1. The molecule has 0 aliphatic carbocycles. The molecular weight excluding hydrogens is 606 g/mol. The van der Waals surface area contributed by atoms with Crippen LogP contribution in [-0.2, 0) is 32.6 Å². The molecule has 0 fully saturated rings. The highest BCUT2D eigenvalue weighted by molar-refractivity contribution is 7.92. The molecule has 0 aliphatic rings. The van der Waals surface area contributed by atoms with Gasteiger partial charge in [0.15, 0.2) is 0 Å². The highest BCUT2D eigenvalue weighted by atomic mass is 35.5. The van der Waals surface area contributed by atoms with Gasteiger partial charge in [0.05, 0.1) is 10.6 Å². The molecule has 0 aliphatic heterocycles. The Balaban J connectivity index is 1.81. The van der Waals surface area contributed by atoms with Gasteiger partial charge in [-0.2, -0.15) is 0 Å². The van der Waals surface area contributed by atoms with Crippen LogP contribution in [0, 0.1) is 19.8 Å². The number of halogens is 1. The molecule has 1 atom stereocenters. The van der Waals surface area contributed by atoms with Crippen molar-refractivity contribution in [3.8, 4) is 0 Å². The molecule has 9 heteroatoms. The fourth-order valence-corrected chi connectivity index (χ4v) is 6.53. The van der Waals surface area contributed by atoms with Gasteiger partial charge in [-0.15, -0.1) is 0 Å². The van der Waals surface area contributed by atoms with Crippen molar-refractivity contribution in [2.24, 2.45) is 5.92 Å². The molecule has 4 aromatic carbocycles. The van der Waals surface area contributed by atoms with Gasteiger partial charge in [-0.1, -0.05) is 92.2 Å². The Bertz CT molecular complexity index is 1710. The molecule has 0 heterocycles. The quantitative estimate of drug-likeness (QED) is 0.178. The number of nitrogens with zero attached hydrogens (tertiary/aromatic N) is 2. The number of anilines is 1. The van der Waals surface area contributed by atoms with Gasteiger partial charge in [-0.3, -0.25) is 13.9 Å². The zero-order chi connectivity index (χ0) is 32.6. The van der Waals surface area contributed by atoms with Gasteiger partial charge in [0.25, 0.3) is 10.0 Å². The first-order chi connectivity index (χ1) is 21.5. The number of rotatable bonds is 13. The molecule has 0 radical (unpaired) electrons. The van der Waals surface area contributed by atoms with Gasteiger partial charge in [0.2, 0.25) is 11.8 Å². The maximum atomic E-state index is 14.6. The molecule has 0 bridgehead atoms. The minimum absolute atomic E-state index is 0.00201. The number of benzene rings is 4. The Morgan fingerprint density at radius 2 is 1.51 bits per heavy atom. The summed E-state index contributed by atoms with van der Waals surface area (Å²) in [6.07, 6.45) is 0.261. The first-order valence-electron chi connectivity index (χ1n) is 15.0. The molecule has 236 valence electrons. The third kappa shape index (κ3) is 8.96. The number of aryl methyl sites for hydroxylation is 2. The van der Waals surface area contributed by atoms with E-state index >= 15 is 0 Å². The van der Waals surface area contributed by atoms with Crippen molar-refractivity contribution < 1.29 is 18.0 Å². The maximum Gasteiger partial charge on any atom is 0.264 e. The van der Waals surface area contributed by atoms with E-state index < -0.39 is 28.5 Å². The Labute approximate surface area is 271 Å². The highest BCUT2D eigenvalue weighted by Crippen LogP contribution is 2.27. The van der Waals surface area contributed by atoms with Crippen LogP contribution in [0.4, 0.5) is 5.69 Å². The summed E-state index contributed by atoms with van der Waals surface area (Å²) < 4.78 is 29.4. The lowest BCUT2D eigenvalue weighted by Gasteiger charge is -2.34. The second kappa shape index (κ2) is 15.2. The normalized spacial score (nSPS) is 12.0. The second-order valence-electron chi connectivity index (χ2n) is 11.6. The lowest BCUT2D eigenvalue weighted by molar-refractivity contribution is -0.140. The fourth-order valence-electron chi connectivity index (χ4n) is 4.99. The molecule has 45 heavy (non-hydrogen) atoms. The number of sulfonamides is 1. The predicted molar refractivity (Wildman–Crippen MR) is 181 cm³/mol. The van der Waals surface area contributed by atoms with Gasteiger partial charge < -0.3 is 10.2 Å². The minimum Gasteiger partial charge on any atom is -0.354 e. The van der Waals surface area contributed by atoms with E-state index in [0.717, 1.165) is 26.6 Å². The van der Waals surface area contributed by atoms with Crippen LogP contribution in [0.15, 0.2) is 108 Å². The van der Waals surface area contributed by atoms with Crippen molar-refractivity contribution >= 4 is 39.1 Å². The van der Waals surface area contributed by atoms with Crippen LogP contribution in [0.1, 0.15) is 36.1 Å². The minimum atomic E-state index is -4.20. The van der Waals surface area contributed by atoms with Crippen molar-refractivity contribution in [3.05, 3.63) is 130 Å². The van der Waals surface area contributed by atoms with Gasteiger partial charge in [-0.05, 0) is 78.4 Å². The zero-order valence-electron chi connectivity index (χ0n) is 26.1. The molecule has 4 aromatic rings. The molecule has 0 spiro atoms. The molecule has 7 nitrogen and oxygen atoms in total. The molecular formula is C36H40ClN3O4S. The van der Waals surface area contributed by atoms with Gasteiger partial charge in [0.1, 0.15) is 12.6 Å². The van der Waals surface area contributed by atoms with Gasteiger partial charge >= 0.3 is 0 Å². The van der Waals surface area contributed by atoms with Gasteiger partial charge in [-0.25, -0.2) is 8.42 Å². The monoisotopic (exact) mass is 645 g/mol. The summed E-state index contributed by atoms with van der Waals surface area (Å²) in [7, 11) is -4.20. The topological polar surface area (TPSA) is 86.8 Å². The number of hydrogen-bond acceptors (Lipinski definition) is 4. The lowest BCUT2D eigenvalue weighted by atomic mass is 10.0. The molecule has 1 N–H and O–H groups in total. The summed E-state index contributed by atoms with van der Waals surface area (Å²) >= 11 is 6.06. The van der Waals surface area contributed by atoms with Crippen LogP contribution in [0.2, 0.25) is 5.02 Å². The Kier molecular flexibility index (Phi) is 11.4. The van der Waals surface area contributed by atoms with E-state index in [-0.39, 0.29) is 29.7 Å². The molecule has 0 unspecified atom stereocenters. The highest BCUT2D eigenvalue weighted by Gasteiger charge is 2.35. The Morgan fingerprint density at radius 3 is 2.16 bits per heavy atom. The average molecular weight is 646 g/mol. The largest absolute Gasteiger partial charge is 0.354 e. The van der Waals surface area contributed by atoms with Crippen LogP contribution in [0.25, 0.3) is 0 Å². The summed E-state index contributed by atoms with van der Waals surface area (Å²) in [5.74, 6) is -0.594. The molecule has 2 amide bonds. The van der Waals surface area contributed by atoms with Crippen LogP contribution in [-0.4, -0.2) is 44.3 Å². The fraction of sp³-hybridized carbons (Fsp3) is 0.278. The van der Waals surface area contributed by atoms with E-state index in [1.54, 1.807) is 18.2 Å².